The van der Waals surface area contributed by atoms with Gasteiger partial charge in [0.15, 0.2) is 0 Å². The summed E-state index contributed by atoms with van der Waals surface area (Å²) < 4.78 is 50.7. The Morgan fingerprint density at radius 1 is 1.19 bits per heavy atom. The van der Waals surface area contributed by atoms with Crippen molar-refractivity contribution in [1.82, 2.24) is 4.31 Å². The molecule has 1 aliphatic heterocycles. The van der Waals surface area contributed by atoms with E-state index in [4.69, 9.17) is 9.47 Å². The zero-order chi connectivity index (χ0) is 19.4. The molecule has 0 radical (unpaired) electrons. The Balaban J connectivity index is 1.79. The van der Waals surface area contributed by atoms with E-state index < -0.39 is 21.8 Å². The van der Waals surface area contributed by atoms with Crippen LogP contribution in [-0.2, 0) is 26.1 Å². The Hall–Kier alpha value is -2.29. The number of sulfonamides is 1. The van der Waals surface area contributed by atoms with Crippen LogP contribution < -0.4 is 0 Å². The molecule has 2 aromatic carbocycles. The smallest absolute Gasteiger partial charge is 0.338 e. The third-order valence-electron chi connectivity index (χ3n) is 4.27. The quantitative estimate of drug-likeness (QED) is 0.730. The number of ether oxygens (including phenoxy) is 2. The highest BCUT2D eigenvalue weighted by atomic mass is 32.2. The number of nitrogens with zero attached hydrogens (tertiary/aromatic N) is 1. The van der Waals surface area contributed by atoms with Crippen molar-refractivity contribution in [3.05, 3.63) is 65.0 Å². The molecule has 0 spiro atoms. The minimum atomic E-state index is -3.73. The van der Waals surface area contributed by atoms with Gasteiger partial charge < -0.3 is 9.47 Å². The van der Waals surface area contributed by atoms with E-state index >= 15 is 0 Å². The van der Waals surface area contributed by atoms with Gasteiger partial charge in [0.05, 0.1) is 23.7 Å². The summed E-state index contributed by atoms with van der Waals surface area (Å²) >= 11 is 0. The fourth-order valence-corrected chi connectivity index (χ4v) is 4.45. The predicted octanol–water partition coefficient (Wildman–Crippen LogP) is 2.51. The number of halogens is 1. The molecule has 1 heterocycles. The summed E-state index contributed by atoms with van der Waals surface area (Å²) in [5.74, 6) is -1.09. The highest BCUT2D eigenvalue weighted by Crippen LogP contribution is 2.23. The van der Waals surface area contributed by atoms with E-state index in [1.54, 1.807) is 19.1 Å². The first kappa shape index (κ1) is 19.5. The molecule has 1 aliphatic rings. The van der Waals surface area contributed by atoms with Crippen molar-refractivity contribution in [2.75, 3.05) is 26.3 Å². The van der Waals surface area contributed by atoms with E-state index in [9.17, 15) is 17.6 Å². The molecule has 0 unspecified atom stereocenters. The molecular formula is C19H20FNO5S. The van der Waals surface area contributed by atoms with Crippen LogP contribution in [0.2, 0.25) is 0 Å². The van der Waals surface area contributed by atoms with Gasteiger partial charge in [-0.1, -0.05) is 18.2 Å². The van der Waals surface area contributed by atoms with Gasteiger partial charge in [-0.3, -0.25) is 0 Å². The number of rotatable bonds is 5. The summed E-state index contributed by atoms with van der Waals surface area (Å²) in [4.78, 5) is 12.4. The number of esters is 1. The molecule has 3 rings (SSSR count). The topological polar surface area (TPSA) is 72.9 Å². The number of morpholine rings is 1. The molecule has 1 fully saturated rings. The van der Waals surface area contributed by atoms with Gasteiger partial charge in [-0.15, -0.1) is 0 Å². The first-order chi connectivity index (χ1) is 12.9. The molecule has 8 heteroatoms. The molecule has 0 N–H and O–H groups in total. The molecule has 6 nitrogen and oxygen atoms in total. The fourth-order valence-electron chi connectivity index (χ4n) is 2.79. The second-order valence-electron chi connectivity index (χ2n) is 6.20. The Morgan fingerprint density at radius 2 is 1.93 bits per heavy atom. The molecule has 0 amide bonds. The number of benzene rings is 2. The molecule has 1 saturated heterocycles. The zero-order valence-corrected chi connectivity index (χ0v) is 15.7. The normalized spacial score (nSPS) is 15.5. The van der Waals surface area contributed by atoms with Crippen LogP contribution >= 0.6 is 0 Å². The van der Waals surface area contributed by atoms with E-state index in [0.29, 0.717) is 24.3 Å². The van der Waals surface area contributed by atoms with Crippen LogP contribution in [0.5, 0.6) is 0 Å². The molecule has 0 aromatic heterocycles. The lowest BCUT2D eigenvalue weighted by Gasteiger charge is -2.26. The lowest BCUT2D eigenvalue weighted by Crippen LogP contribution is -2.40. The maximum atomic E-state index is 13.2. The Labute approximate surface area is 157 Å². The van der Waals surface area contributed by atoms with Gasteiger partial charge in [-0.25, -0.2) is 17.6 Å². The van der Waals surface area contributed by atoms with E-state index in [-0.39, 0.29) is 30.2 Å². The molecular weight excluding hydrogens is 373 g/mol. The van der Waals surface area contributed by atoms with Gasteiger partial charge >= 0.3 is 5.97 Å². The highest BCUT2D eigenvalue weighted by molar-refractivity contribution is 7.89. The third kappa shape index (κ3) is 4.52. The summed E-state index contributed by atoms with van der Waals surface area (Å²) in [5, 5.41) is 0. The third-order valence-corrected chi connectivity index (χ3v) is 6.31. The number of hydrogen-bond donors (Lipinski definition) is 0. The Morgan fingerprint density at radius 3 is 2.63 bits per heavy atom. The number of carbonyl (C=O) groups excluding carboxylic acids is 1. The standard InChI is InChI=1S/C19H20FNO5S/c1-14-5-6-16(19(22)26-13-15-3-2-4-17(20)11-15)12-18(14)27(23,24)21-7-9-25-10-8-21/h2-6,11-12H,7-10,13H2,1H3. The van der Waals surface area contributed by atoms with Crippen molar-refractivity contribution in [1.29, 1.82) is 0 Å². The van der Waals surface area contributed by atoms with Crippen molar-refractivity contribution in [3.63, 3.8) is 0 Å². The average molecular weight is 393 g/mol. The van der Waals surface area contributed by atoms with E-state index in [1.807, 2.05) is 0 Å². The summed E-state index contributed by atoms with van der Waals surface area (Å²) in [6.07, 6.45) is 0. The van der Waals surface area contributed by atoms with Crippen molar-refractivity contribution in [2.45, 2.75) is 18.4 Å². The van der Waals surface area contributed by atoms with E-state index in [0.717, 1.165) is 0 Å². The maximum absolute atomic E-state index is 13.2. The van der Waals surface area contributed by atoms with Crippen molar-refractivity contribution in [3.8, 4) is 0 Å². The minimum absolute atomic E-state index is 0.0737. The first-order valence-electron chi connectivity index (χ1n) is 8.48. The molecule has 0 bridgehead atoms. The second kappa shape index (κ2) is 8.16. The minimum Gasteiger partial charge on any atom is -0.457 e. The van der Waals surface area contributed by atoms with Crippen LogP contribution in [0.3, 0.4) is 0 Å². The van der Waals surface area contributed by atoms with Gasteiger partial charge in [-0.2, -0.15) is 4.31 Å². The van der Waals surface area contributed by atoms with Crippen LogP contribution in [0.25, 0.3) is 0 Å². The average Bonchev–Trinajstić information content (AvgIpc) is 2.67. The van der Waals surface area contributed by atoms with Gasteiger partial charge in [0.25, 0.3) is 0 Å². The second-order valence-corrected chi connectivity index (χ2v) is 8.11. The monoisotopic (exact) mass is 393 g/mol. The SMILES string of the molecule is Cc1ccc(C(=O)OCc2cccc(F)c2)cc1S(=O)(=O)N1CCOCC1. The van der Waals surface area contributed by atoms with E-state index in [1.165, 1.54) is 34.6 Å². The maximum Gasteiger partial charge on any atom is 0.338 e. The van der Waals surface area contributed by atoms with Crippen molar-refractivity contribution >= 4 is 16.0 Å². The first-order valence-corrected chi connectivity index (χ1v) is 9.92. The number of aryl methyl sites for hydroxylation is 1. The van der Waals surface area contributed by atoms with Crippen LogP contribution in [0.4, 0.5) is 4.39 Å². The lowest BCUT2D eigenvalue weighted by molar-refractivity contribution is 0.0472. The Bertz CT molecular complexity index is 939. The zero-order valence-electron chi connectivity index (χ0n) is 14.9. The number of hydrogen-bond acceptors (Lipinski definition) is 5. The summed E-state index contributed by atoms with van der Waals surface area (Å²) in [6.45, 7) is 2.80. The van der Waals surface area contributed by atoms with Crippen molar-refractivity contribution < 1.29 is 27.1 Å². The fraction of sp³-hybridized carbons (Fsp3) is 0.316. The molecule has 2 aromatic rings. The highest BCUT2D eigenvalue weighted by Gasteiger charge is 2.28. The van der Waals surface area contributed by atoms with Crippen LogP contribution in [0, 0.1) is 12.7 Å². The van der Waals surface area contributed by atoms with E-state index in [2.05, 4.69) is 0 Å². The predicted molar refractivity (Wildman–Crippen MR) is 96.3 cm³/mol. The van der Waals surface area contributed by atoms with Gasteiger partial charge in [0, 0.05) is 13.1 Å². The molecule has 144 valence electrons. The molecule has 0 saturated carbocycles. The molecule has 27 heavy (non-hydrogen) atoms. The molecule has 0 aliphatic carbocycles. The van der Waals surface area contributed by atoms with Gasteiger partial charge in [0.1, 0.15) is 12.4 Å². The van der Waals surface area contributed by atoms with Gasteiger partial charge in [-0.05, 0) is 42.3 Å². The summed E-state index contributed by atoms with van der Waals surface area (Å²) in [6, 6.07) is 10.2. The number of carbonyl (C=O) groups is 1. The van der Waals surface area contributed by atoms with Gasteiger partial charge in [0.2, 0.25) is 10.0 Å². The van der Waals surface area contributed by atoms with Crippen molar-refractivity contribution in [2.24, 2.45) is 0 Å². The van der Waals surface area contributed by atoms with Crippen LogP contribution in [0.15, 0.2) is 47.4 Å². The Kier molecular flexibility index (Phi) is 5.88. The van der Waals surface area contributed by atoms with Crippen LogP contribution in [0.1, 0.15) is 21.5 Å². The summed E-state index contributed by atoms with van der Waals surface area (Å²) in [7, 11) is -3.73. The largest absolute Gasteiger partial charge is 0.457 e. The summed E-state index contributed by atoms with van der Waals surface area (Å²) in [5.41, 5.74) is 1.18. The lowest BCUT2D eigenvalue weighted by atomic mass is 10.1. The molecule has 0 atom stereocenters. The van der Waals surface area contributed by atoms with Crippen LogP contribution in [-0.4, -0.2) is 45.0 Å².